The largest absolute Gasteiger partial charge is 0.435 e. The number of hydrogen-bond donors (Lipinski definition) is 1. The molecule has 0 bridgehead atoms. The number of benzene rings is 3. The summed E-state index contributed by atoms with van der Waals surface area (Å²) in [6, 6.07) is 7.49. The van der Waals surface area contributed by atoms with E-state index in [1.807, 2.05) is 6.07 Å². The quantitative estimate of drug-likeness (QED) is 0.246. The minimum atomic E-state index is -6.72. The van der Waals surface area contributed by atoms with Gasteiger partial charge in [-0.1, -0.05) is 0 Å². The predicted octanol–water partition coefficient (Wildman–Crippen LogP) is 9.39. The lowest BCUT2D eigenvalue weighted by atomic mass is 9.92. The molecule has 5 nitrogen and oxygen atoms in total. The molecule has 3 aromatic rings. The SMILES string of the molecule is Cc1cc(C#N)ccc1C(=O)N(CC1CC1)c1cc(C(=O)Nc2c(Br)cc(C(F)(C(F)(F)F)C(F)(F)F)cc2C(F)(F)F)ccc1F. The Morgan fingerprint density at radius 2 is 1.55 bits per heavy atom. The summed E-state index contributed by atoms with van der Waals surface area (Å²) in [4.78, 5) is 27.7. The molecule has 47 heavy (non-hydrogen) atoms. The van der Waals surface area contributed by atoms with Gasteiger partial charge in [-0.25, -0.2) is 8.78 Å². The predicted molar refractivity (Wildman–Crippen MR) is 149 cm³/mol. The summed E-state index contributed by atoms with van der Waals surface area (Å²) in [5.74, 6) is -3.22. The topological polar surface area (TPSA) is 73.2 Å². The molecule has 0 aromatic heterocycles. The Hall–Kier alpha value is -4.20. The third kappa shape index (κ3) is 7.07. The Balaban J connectivity index is 1.77. The number of aryl methyl sites for hydroxylation is 1. The lowest BCUT2D eigenvalue weighted by Crippen LogP contribution is -2.50. The molecule has 1 N–H and O–H groups in total. The maximum Gasteiger partial charge on any atom is 0.435 e. The Morgan fingerprint density at radius 3 is 2.06 bits per heavy atom. The number of carbonyl (C=O) groups excluding carboxylic acids is 2. The van der Waals surface area contributed by atoms with E-state index < -0.39 is 80.4 Å². The van der Waals surface area contributed by atoms with Gasteiger partial charge in [0.05, 0.1) is 28.6 Å². The van der Waals surface area contributed by atoms with Crippen molar-refractivity contribution in [2.45, 2.75) is 44.0 Å². The first kappa shape index (κ1) is 35.7. The molecule has 1 aliphatic rings. The van der Waals surface area contributed by atoms with E-state index in [1.165, 1.54) is 25.1 Å². The van der Waals surface area contributed by atoms with Crippen molar-refractivity contribution in [1.29, 1.82) is 5.26 Å². The molecular weight excluding hydrogens is 723 g/mol. The minimum Gasteiger partial charge on any atom is -0.320 e. The molecule has 3 aromatic carbocycles. The number of rotatable bonds is 7. The van der Waals surface area contributed by atoms with Crippen molar-refractivity contribution in [3.05, 3.63) is 92.2 Å². The molecule has 0 aliphatic heterocycles. The van der Waals surface area contributed by atoms with E-state index in [9.17, 15) is 53.5 Å². The van der Waals surface area contributed by atoms with Gasteiger partial charge in [-0.2, -0.15) is 44.8 Å². The van der Waals surface area contributed by atoms with Crippen LogP contribution in [0.2, 0.25) is 0 Å². The monoisotopic (exact) mass is 741 g/mol. The van der Waals surface area contributed by atoms with E-state index >= 15 is 4.39 Å². The Morgan fingerprint density at radius 1 is 0.936 bits per heavy atom. The van der Waals surface area contributed by atoms with Crippen molar-refractivity contribution < 1.29 is 57.9 Å². The van der Waals surface area contributed by atoms with Crippen LogP contribution in [0.1, 0.15) is 55.8 Å². The molecule has 0 heterocycles. The highest BCUT2D eigenvalue weighted by Gasteiger charge is 2.73. The lowest BCUT2D eigenvalue weighted by molar-refractivity contribution is -0.348. The van der Waals surface area contributed by atoms with Gasteiger partial charge in [-0.05, 0) is 95.7 Å². The van der Waals surface area contributed by atoms with Crippen molar-refractivity contribution >= 4 is 39.1 Å². The van der Waals surface area contributed by atoms with Gasteiger partial charge in [0.2, 0.25) is 0 Å². The fraction of sp³-hybridized carbons (Fsp3) is 0.300. The summed E-state index contributed by atoms with van der Waals surface area (Å²) < 4.78 is 150. The summed E-state index contributed by atoms with van der Waals surface area (Å²) in [7, 11) is 0. The Kier molecular flexibility index (Phi) is 9.43. The second-order valence-electron chi connectivity index (χ2n) is 10.7. The number of nitrogens with zero attached hydrogens (tertiary/aromatic N) is 2. The second-order valence-corrected chi connectivity index (χ2v) is 11.5. The Bertz CT molecular complexity index is 1760. The van der Waals surface area contributed by atoms with E-state index in [4.69, 9.17) is 5.26 Å². The molecule has 0 atom stereocenters. The minimum absolute atomic E-state index is 0.0190. The zero-order valence-electron chi connectivity index (χ0n) is 23.6. The van der Waals surface area contributed by atoms with Crippen LogP contribution in [-0.4, -0.2) is 30.7 Å². The first-order valence-electron chi connectivity index (χ1n) is 13.3. The van der Waals surface area contributed by atoms with Gasteiger partial charge in [0.15, 0.2) is 0 Å². The van der Waals surface area contributed by atoms with Crippen LogP contribution in [0.5, 0.6) is 0 Å². The van der Waals surface area contributed by atoms with Crippen molar-refractivity contribution in [2.75, 3.05) is 16.8 Å². The van der Waals surface area contributed by atoms with Gasteiger partial charge < -0.3 is 10.2 Å². The highest BCUT2D eigenvalue weighted by atomic mass is 79.9. The average molecular weight is 742 g/mol. The van der Waals surface area contributed by atoms with Crippen LogP contribution in [0.15, 0.2) is 53.0 Å². The number of amides is 2. The van der Waals surface area contributed by atoms with Crippen molar-refractivity contribution in [1.82, 2.24) is 0 Å². The molecule has 0 unspecified atom stereocenters. The fourth-order valence-corrected chi connectivity index (χ4v) is 5.22. The lowest BCUT2D eigenvalue weighted by Gasteiger charge is -2.31. The molecule has 0 spiro atoms. The summed E-state index contributed by atoms with van der Waals surface area (Å²) >= 11 is 2.41. The van der Waals surface area contributed by atoms with Crippen molar-refractivity contribution in [3.63, 3.8) is 0 Å². The molecule has 250 valence electrons. The zero-order chi connectivity index (χ0) is 35.3. The summed E-state index contributed by atoms with van der Waals surface area (Å²) in [5.41, 5.74) is -12.6. The summed E-state index contributed by atoms with van der Waals surface area (Å²) in [6.07, 6.45) is -17.8. The molecular formula is C30H19BrF11N3O2. The third-order valence-electron chi connectivity index (χ3n) is 7.28. The smallest absolute Gasteiger partial charge is 0.320 e. The van der Waals surface area contributed by atoms with E-state index in [0.29, 0.717) is 18.4 Å². The van der Waals surface area contributed by atoms with Crippen LogP contribution in [-0.2, 0) is 11.8 Å². The molecule has 4 rings (SSSR count). The number of carbonyl (C=O) groups is 2. The number of nitrogens with one attached hydrogen (secondary N) is 1. The number of alkyl halides is 10. The van der Waals surface area contributed by atoms with Crippen molar-refractivity contribution in [2.24, 2.45) is 5.92 Å². The Labute approximate surface area is 267 Å². The van der Waals surface area contributed by atoms with Gasteiger partial charge in [-0.3, -0.25) is 9.59 Å². The van der Waals surface area contributed by atoms with Crippen molar-refractivity contribution in [3.8, 4) is 6.07 Å². The van der Waals surface area contributed by atoms with Crippen LogP contribution in [0.3, 0.4) is 0 Å². The molecule has 1 aliphatic carbocycles. The number of nitriles is 1. The van der Waals surface area contributed by atoms with Crippen LogP contribution < -0.4 is 10.2 Å². The maximum absolute atomic E-state index is 15.2. The van der Waals surface area contributed by atoms with Gasteiger partial charge in [0.1, 0.15) is 5.82 Å². The number of halogens is 12. The fourth-order valence-electron chi connectivity index (χ4n) is 4.66. The first-order valence-corrected chi connectivity index (χ1v) is 14.1. The van der Waals surface area contributed by atoms with Gasteiger partial charge in [-0.15, -0.1) is 0 Å². The van der Waals surface area contributed by atoms with E-state index in [-0.39, 0.29) is 29.7 Å². The van der Waals surface area contributed by atoms with E-state index in [2.05, 4.69) is 15.9 Å². The molecule has 1 saturated carbocycles. The highest BCUT2D eigenvalue weighted by Crippen LogP contribution is 2.55. The molecule has 17 heteroatoms. The average Bonchev–Trinajstić information content (AvgIpc) is 3.78. The van der Waals surface area contributed by atoms with Crippen LogP contribution in [0, 0.1) is 30.0 Å². The maximum atomic E-state index is 15.2. The molecule has 1 fully saturated rings. The zero-order valence-corrected chi connectivity index (χ0v) is 25.1. The van der Waals surface area contributed by atoms with Gasteiger partial charge in [0.25, 0.3) is 11.8 Å². The third-order valence-corrected chi connectivity index (χ3v) is 7.91. The van der Waals surface area contributed by atoms with E-state index in [0.717, 1.165) is 23.1 Å². The van der Waals surface area contributed by atoms with Gasteiger partial charge >= 0.3 is 24.2 Å². The molecule has 0 radical (unpaired) electrons. The second kappa shape index (κ2) is 12.4. The van der Waals surface area contributed by atoms with Crippen LogP contribution in [0.4, 0.5) is 59.7 Å². The van der Waals surface area contributed by atoms with Crippen LogP contribution >= 0.6 is 15.9 Å². The first-order chi connectivity index (χ1) is 21.6. The standard InChI is InChI=1S/C30H19BrF11N3O2/c1-14-8-16(12-43)4-6-19(14)26(47)45(13-15-2-3-15)23-9-17(5-7-22(23)32)25(46)44-24-20(28(34,35)36)10-18(11-21(24)31)27(33,29(37,38)39)30(40,41)42/h4-11,15H,2-3,13H2,1H3,(H,44,46). The van der Waals surface area contributed by atoms with E-state index in [1.54, 1.807) is 5.32 Å². The number of hydrogen-bond acceptors (Lipinski definition) is 3. The summed E-state index contributed by atoms with van der Waals surface area (Å²) in [6.45, 7) is 1.51. The summed E-state index contributed by atoms with van der Waals surface area (Å²) in [5, 5.41) is 10.8. The van der Waals surface area contributed by atoms with Gasteiger partial charge in [0, 0.05) is 27.7 Å². The molecule has 0 saturated heterocycles. The normalized spacial score (nSPS) is 14.0. The van der Waals surface area contributed by atoms with Crippen LogP contribution in [0.25, 0.3) is 0 Å². The number of anilines is 2. The molecule has 2 amide bonds. The highest BCUT2D eigenvalue weighted by molar-refractivity contribution is 9.10.